The largest absolute Gasteiger partial charge is 0.493 e. The third-order valence-corrected chi connectivity index (χ3v) is 5.17. The second kappa shape index (κ2) is 9.96. The Hall–Kier alpha value is -3.28. The van der Waals surface area contributed by atoms with Crippen molar-refractivity contribution in [1.29, 1.82) is 0 Å². The van der Waals surface area contributed by atoms with Crippen LogP contribution < -0.4 is 14.8 Å². The van der Waals surface area contributed by atoms with Gasteiger partial charge in [0, 0.05) is 5.56 Å². The van der Waals surface area contributed by atoms with Crippen LogP contribution >= 0.6 is 0 Å². The molecule has 0 saturated carbocycles. The topological polar surface area (TPSA) is 76.2 Å². The normalized spacial score (nSPS) is 11.7. The fourth-order valence-electron chi connectivity index (χ4n) is 3.60. The van der Waals surface area contributed by atoms with Crippen molar-refractivity contribution in [2.45, 2.75) is 39.0 Å². The molecule has 0 bridgehead atoms. The Morgan fingerprint density at radius 1 is 1.07 bits per heavy atom. The lowest BCUT2D eigenvalue weighted by Crippen LogP contribution is -2.21. The molecule has 6 heteroatoms. The number of benzene rings is 2. The molecular weight excluding hydrogens is 378 g/mol. The maximum Gasteiger partial charge on any atom is 0.232 e. The molecule has 3 rings (SSSR count). The number of aromatic amines is 1. The van der Waals surface area contributed by atoms with Gasteiger partial charge in [-0.1, -0.05) is 50.6 Å². The Bertz CT molecular complexity index is 983. The van der Waals surface area contributed by atoms with Crippen molar-refractivity contribution in [1.82, 2.24) is 10.2 Å². The van der Waals surface area contributed by atoms with Gasteiger partial charge in [-0.15, -0.1) is 0 Å². The molecule has 0 saturated heterocycles. The summed E-state index contributed by atoms with van der Waals surface area (Å²) in [4.78, 5) is 13.2. The maximum atomic E-state index is 13.2. The van der Waals surface area contributed by atoms with E-state index in [9.17, 15) is 4.79 Å². The molecule has 0 aliphatic heterocycles. The molecule has 1 heterocycles. The predicted molar refractivity (Wildman–Crippen MR) is 119 cm³/mol. The standard InChI is InChI=1S/C24H29N3O3/c1-5-10-19-23(25-24(28)18(6-2)16-11-8-7-9-12-16)22(27-26-19)17-13-14-20(29-3)21(15-17)30-4/h7-9,11-15,18H,5-6,10H2,1-4H3,(H,25,28)(H,26,27). The van der Waals surface area contributed by atoms with E-state index in [2.05, 4.69) is 22.4 Å². The van der Waals surface area contributed by atoms with Crippen LogP contribution in [0.25, 0.3) is 11.3 Å². The number of methoxy groups -OCH3 is 2. The van der Waals surface area contributed by atoms with Gasteiger partial charge in [-0.25, -0.2) is 0 Å². The van der Waals surface area contributed by atoms with Crippen molar-refractivity contribution in [2.24, 2.45) is 0 Å². The minimum atomic E-state index is -0.228. The van der Waals surface area contributed by atoms with Gasteiger partial charge in [0.15, 0.2) is 11.5 Å². The molecule has 0 fully saturated rings. The number of aromatic nitrogens is 2. The van der Waals surface area contributed by atoms with E-state index in [0.717, 1.165) is 35.3 Å². The lowest BCUT2D eigenvalue weighted by molar-refractivity contribution is -0.117. The van der Waals surface area contributed by atoms with E-state index in [-0.39, 0.29) is 11.8 Å². The first-order valence-corrected chi connectivity index (χ1v) is 10.3. The van der Waals surface area contributed by atoms with Crippen molar-refractivity contribution in [3.63, 3.8) is 0 Å². The van der Waals surface area contributed by atoms with E-state index in [0.29, 0.717) is 23.6 Å². The molecular formula is C24H29N3O3. The lowest BCUT2D eigenvalue weighted by Gasteiger charge is -2.16. The zero-order valence-electron chi connectivity index (χ0n) is 18.0. The molecule has 1 aromatic heterocycles. The third kappa shape index (κ3) is 4.48. The smallest absolute Gasteiger partial charge is 0.232 e. The molecule has 0 aliphatic carbocycles. The average Bonchev–Trinajstić information content (AvgIpc) is 3.17. The first-order valence-electron chi connectivity index (χ1n) is 10.3. The number of amides is 1. The summed E-state index contributed by atoms with van der Waals surface area (Å²) in [6, 6.07) is 15.5. The van der Waals surface area contributed by atoms with Crippen LogP contribution in [0.5, 0.6) is 11.5 Å². The van der Waals surface area contributed by atoms with Crippen LogP contribution in [-0.2, 0) is 11.2 Å². The summed E-state index contributed by atoms with van der Waals surface area (Å²) in [5.41, 5.74) is 4.18. The van der Waals surface area contributed by atoms with Crippen molar-refractivity contribution in [3.8, 4) is 22.8 Å². The second-order valence-corrected chi connectivity index (χ2v) is 7.11. The number of ether oxygens (including phenoxy) is 2. The minimum absolute atomic E-state index is 0.0378. The van der Waals surface area contributed by atoms with Crippen LogP contribution in [0.3, 0.4) is 0 Å². The molecule has 0 spiro atoms. The van der Waals surface area contributed by atoms with E-state index < -0.39 is 0 Å². The van der Waals surface area contributed by atoms with E-state index in [4.69, 9.17) is 9.47 Å². The number of anilines is 1. The Balaban J connectivity index is 1.98. The summed E-state index contributed by atoms with van der Waals surface area (Å²) in [6.07, 6.45) is 2.44. The van der Waals surface area contributed by atoms with Crippen LogP contribution in [0.4, 0.5) is 5.69 Å². The van der Waals surface area contributed by atoms with Crippen LogP contribution in [0, 0.1) is 0 Å². The van der Waals surface area contributed by atoms with Gasteiger partial charge in [-0.05, 0) is 36.6 Å². The lowest BCUT2D eigenvalue weighted by atomic mass is 9.95. The highest BCUT2D eigenvalue weighted by molar-refractivity contribution is 5.99. The fourth-order valence-corrected chi connectivity index (χ4v) is 3.60. The van der Waals surface area contributed by atoms with Crippen molar-refractivity contribution < 1.29 is 14.3 Å². The van der Waals surface area contributed by atoms with Gasteiger partial charge >= 0.3 is 0 Å². The molecule has 6 nitrogen and oxygen atoms in total. The maximum absolute atomic E-state index is 13.2. The van der Waals surface area contributed by atoms with Crippen LogP contribution in [0.2, 0.25) is 0 Å². The van der Waals surface area contributed by atoms with Gasteiger partial charge in [0.2, 0.25) is 5.91 Å². The van der Waals surface area contributed by atoms with Gasteiger partial charge in [0.05, 0.1) is 31.5 Å². The number of hydrogen-bond donors (Lipinski definition) is 2. The van der Waals surface area contributed by atoms with Gasteiger partial charge in [-0.2, -0.15) is 5.10 Å². The van der Waals surface area contributed by atoms with Gasteiger partial charge in [-0.3, -0.25) is 9.89 Å². The van der Waals surface area contributed by atoms with Crippen LogP contribution in [-0.4, -0.2) is 30.3 Å². The number of nitrogens with one attached hydrogen (secondary N) is 2. The minimum Gasteiger partial charge on any atom is -0.493 e. The number of aryl methyl sites for hydroxylation is 1. The third-order valence-electron chi connectivity index (χ3n) is 5.17. The highest BCUT2D eigenvalue weighted by Gasteiger charge is 2.23. The molecule has 1 unspecified atom stereocenters. The SMILES string of the molecule is CCCc1[nH]nc(-c2ccc(OC)c(OC)c2)c1NC(=O)C(CC)c1ccccc1. The number of carbonyl (C=O) groups excluding carboxylic acids is 1. The summed E-state index contributed by atoms with van der Waals surface area (Å²) < 4.78 is 10.8. The monoisotopic (exact) mass is 407 g/mol. The molecule has 1 amide bonds. The molecule has 2 aromatic carbocycles. The summed E-state index contributed by atoms with van der Waals surface area (Å²) in [5.74, 6) is 0.993. The molecule has 0 aliphatic rings. The first kappa shape index (κ1) is 21.4. The quantitative estimate of drug-likeness (QED) is 0.512. The molecule has 158 valence electrons. The zero-order chi connectivity index (χ0) is 21.5. The average molecular weight is 408 g/mol. The second-order valence-electron chi connectivity index (χ2n) is 7.11. The molecule has 2 N–H and O–H groups in total. The number of H-pyrrole nitrogens is 1. The van der Waals surface area contributed by atoms with E-state index in [1.165, 1.54) is 0 Å². The van der Waals surface area contributed by atoms with Gasteiger partial charge in [0.25, 0.3) is 0 Å². The summed E-state index contributed by atoms with van der Waals surface area (Å²) in [5, 5.41) is 10.8. The Morgan fingerprint density at radius 2 is 1.80 bits per heavy atom. The summed E-state index contributed by atoms with van der Waals surface area (Å²) in [6.45, 7) is 4.12. The van der Waals surface area contributed by atoms with Crippen LogP contribution in [0.1, 0.15) is 43.9 Å². The molecule has 1 atom stereocenters. The Labute approximate surface area is 177 Å². The molecule has 30 heavy (non-hydrogen) atoms. The zero-order valence-corrected chi connectivity index (χ0v) is 18.0. The van der Waals surface area contributed by atoms with Gasteiger partial charge < -0.3 is 14.8 Å². The van der Waals surface area contributed by atoms with E-state index in [1.807, 2.05) is 55.5 Å². The predicted octanol–water partition coefficient (Wildman–Crippen LogP) is 5.18. The van der Waals surface area contributed by atoms with E-state index >= 15 is 0 Å². The van der Waals surface area contributed by atoms with Crippen molar-refractivity contribution in [2.75, 3.05) is 19.5 Å². The van der Waals surface area contributed by atoms with Crippen LogP contribution in [0.15, 0.2) is 48.5 Å². The fraction of sp³-hybridized carbons (Fsp3) is 0.333. The highest BCUT2D eigenvalue weighted by atomic mass is 16.5. The number of carbonyl (C=O) groups is 1. The number of rotatable bonds is 9. The number of nitrogens with zero attached hydrogens (tertiary/aromatic N) is 1. The van der Waals surface area contributed by atoms with Crippen molar-refractivity contribution >= 4 is 11.6 Å². The van der Waals surface area contributed by atoms with E-state index in [1.54, 1.807) is 14.2 Å². The molecule has 0 radical (unpaired) electrons. The molecule has 3 aromatic rings. The first-order chi connectivity index (χ1) is 14.6. The highest BCUT2D eigenvalue weighted by Crippen LogP contribution is 2.36. The van der Waals surface area contributed by atoms with Gasteiger partial charge in [0.1, 0.15) is 5.69 Å². The Kier molecular flexibility index (Phi) is 7.12. The number of hydrogen-bond acceptors (Lipinski definition) is 4. The summed E-state index contributed by atoms with van der Waals surface area (Å²) >= 11 is 0. The van der Waals surface area contributed by atoms with Crippen molar-refractivity contribution in [3.05, 3.63) is 59.8 Å². The Morgan fingerprint density at radius 3 is 2.43 bits per heavy atom. The summed E-state index contributed by atoms with van der Waals surface area (Å²) in [7, 11) is 3.20.